The van der Waals surface area contributed by atoms with Crippen molar-refractivity contribution in [2.75, 3.05) is 6.61 Å². The fraction of sp³-hybridized carbons (Fsp3) is 0.682. The van der Waals surface area contributed by atoms with Crippen LogP contribution in [0.15, 0.2) is 24.0 Å². The fourth-order valence-corrected chi connectivity index (χ4v) is 3.71. The summed E-state index contributed by atoms with van der Waals surface area (Å²) in [5.74, 6) is -1.18. The van der Waals surface area contributed by atoms with E-state index in [1.54, 1.807) is 0 Å². The van der Waals surface area contributed by atoms with Crippen molar-refractivity contribution < 1.29 is 33.3 Å². The third kappa shape index (κ3) is 6.34. The summed E-state index contributed by atoms with van der Waals surface area (Å²) in [5, 5.41) is 0. The zero-order valence-corrected chi connectivity index (χ0v) is 17.9. The lowest BCUT2D eigenvalue weighted by atomic mass is 9.86. The Kier molecular flexibility index (Phi) is 7.88. The molecular formula is C22H32O7. The quantitative estimate of drug-likeness (QED) is 0.345. The van der Waals surface area contributed by atoms with Gasteiger partial charge in [0.2, 0.25) is 0 Å². The van der Waals surface area contributed by atoms with Gasteiger partial charge in [0.05, 0.1) is 12.2 Å². The van der Waals surface area contributed by atoms with E-state index < -0.39 is 18.4 Å². The van der Waals surface area contributed by atoms with Crippen LogP contribution in [-0.2, 0) is 33.3 Å². The Morgan fingerprint density at radius 1 is 1.10 bits per heavy atom. The van der Waals surface area contributed by atoms with Crippen molar-refractivity contribution in [2.45, 2.75) is 66.3 Å². The molecule has 1 aliphatic carbocycles. The number of carbonyl (C=O) groups excluding carboxylic acids is 3. The van der Waals surface area contributed by atoms with E-state index in [4.69, 9.17) is 18.9 Å². The molecule has 1 aliphatic heterocycles. The maximum atomic E-state index is 12.2. The predicted molar refractivity (Wildman–Crippen MR) is 105 cm³/mol. The van der Waals surface area contributed by atoms with E-state index in [-0.39, 0.29) is 48.6 Å². The van der Waals surface area contributed by atoms with Crippen LogP contribution in [0.1, 0.15) is 53.9 Å². The van der Waals surface area contributed by atoms with Crippen LogP contribution < -0.4 is 0 Å². The third-order valence-corrected chi connectivity index (χ3v) is 4.97. The second kappa shape index (κ2) is 9.94. The SMILES string of the molecule is C=C1C(OC(C)=O)CC2C(COC(=O)CC(C)C)=CO[C@@H](OC(=O)CC(C)C)C12. The second-order valence-electron chi connectivity index (χ2n) is 8.58. The number of fused-ring (bicyclic) bond motifs is 1. The molecule has 1 heterocycles. The minimum Gasteiger partial charge on any atom is -0.462 e. The smallest absolute Gasteiger partial charge is 0.309 e. The molecule has 7 heteroatoms. The molecule has 0 N–H and O–H groups in total. The van der Waals surface area contributed by atoms with Crippen LogP contribution in [0.5, 0.6) is 0 Å². The Bertz CT molecular complexity index is 677. The van der Waals surface area contributed by atoms with E-state index in [2.05, 4.69) is 6.58 Å². The highest BCUT2D eigenvalue weighted by Gasteiger charge is 2.49. The van der Waals surface area contributed by atoms with Gasteiger partial charge in [0.15, 0.2) is 0 Å². The van der Waals surface area contributed by atoms with Crippen LogP contribution in [0.3, 0.4) is 0 Å². The van der Waals surface area contributed by atoms with Crippen LogP contribution in [-0.4, -0.2) is 36.9 Å². The number of ether oxygens (including phenoxy) is 4. The molecule has 2 rings (SSSR count). The Balaban J connectivity index is 2.14. The summed E-state index contributed by atoms with van der Waals surface area (Å²) in [4.78, 5) is 35.6. The molecule has 0 aromatic carbocycles. The van der Waals surface area contributed by atoms with Gasteiger partial charge in [-0.05, 0) is 23.8 Å². The van der Waals surface area contributed by atoms with Gasteiger partial charge in [0.1, 0.15) is 12.7 Å². The average molecular weight is 408 g/mol. The molecule has 0 amide bonds. The van der Waals surface area contributed by atoms with Gasteiger partial charge >= 0.3 is 17.9 Å². The van der Waals surface area contributed by atoms with Crippen LogP contribution >= 0.6 is 0 Å². The summed E-state index contributed by atoms with van der Waals surface area (Å²) in [7, 11) is 0. The van der Waals surface area contributed by atoms with Gasteiger partial charge in [-0.15, -0.1) is 0 Å². The van der Waals surface area contributed by atoms with Gasteiger partial charge < -0.3 is 18.9 Å². The van der Waals surface area contributed by atoms with Crippen molar-refractivity contribution in [1.82, 2.24) is 0 Å². The molecule has 2 aliphatic rings. The number of hydrogen-bond acceptors (Lipinski definition) is 7. The molecule has 0 radical (unpaired) electrons. The van der Waals surface area contributed by atoms with Gasteiger partial charge in [-0.2, -0.15) is 0 Å². The number of hydrogen-bond donors (Lipinski definition) is 0. The number of rotatable bonds is 8. The van der Waals surface area contributed by atoms with Gasteiger partial charge in [0.25, 0.3) is 6.29 Å². The lowest BCUT2D eigenvalue weighted by Crippen LogP contribution is -2.36. The molecule has 4 atom stereocenters. The summed E-state index contributed by atoms with van der Waals surface area (Å²) in [6.07, 6.45) is 1.26. The van der Waals surface area contributed by atoms with Crippen molar-refractivity contribution in [2.24, 2.45) is 23.7 Å². The van der Waals surface area contributed by atoms with Crippen molar-refractivity contribution in [3.8, 4) is 0 Å². The first-order valence-electron chi connectivity index (χ1n) is 10.1. The largest absolute Gasteiger partial charge is 0.462 e. The van der Waals surface area contributed by atoms with Gasteiger partial charge in [-0.25, -0.2) is 0 Å². The number of esters is 3. The highest BCUT2D eigenvalue weighted by Crippen LogP contribution is 2.47. The standard InChI is InChI=1S/C22H32O7/c1-12(2)7-19(24)26-10-16-11-27-22(29-20(25)8-13(3)4)21-14(5)18(9-17(16)21)28-15(6)23/h11-13,17-18,21-22H,5,7-10H2,1-4,6H3/t17?,18?,21?,22-/m0/s1. The summed E-state index contributed by atoms with van der Waals surface area (Å²) in [6.45, 7) is 13.3. The minimum atomic E-state index is -0.838. The first-order valence-corrected chi connectivity index (χ1v) is 10.1. The van der Waals surface area contributed by atoms with E-state index in [0.29, 0.717) is 18.4 Å². The lowest BCUT2D eigenvalue weighted by Gasteiger charge is -2.33. The monoisotopic (exact) mass is 408 g/mol. The van der Waals surface area contributed by atoms with Crippen molar-refractivity contribution in [3.05, 3.63) is 24.0 Å². The Hall–Kier alpha value is -2.31. The van der Waals surface area contributed by atoms with Gasteiger partial charge in [-0.1, -0.05) is 34.3 Å². The molecule has 0 bridgehead atoms. The molecule has 0 spiro atoms. The second-order valence-corrected chi connectivity index (χ2v) is 8.58. The maximum Gasteiger partial charge on any atom is 0.309 e. The molecule has 1 fully saturated rings. The Morgan fingerprint density at radius 2 is 1.72 bits per heavy atom. The van der Waals surface area contributed by atoms with E-state index >= 15 is 0 Å². The van der Waals surface area contributed by atoms with Gasteiger partial charge in [0, 0.05) is 31.3 Å². The van der Waals surface area contributed by atoms with Crippen LogP contribution in [0.25, 0.3) is 0 Å². The Morgan fingerprint density at radius 3 is 2.31 bits per heavy atom. The zero-order chi connectivity index (χ0) is 21.7. The lowest BCUT2D eigenvalue weighted by molar-refractivity contribution is -0.182. The predicted octanol–water partition coefficient (Wildman–Crippen LogP) is 3.53. The molecule has 7 nitrogen and oxygen atoms in total. The van der Waals surface area contributed by atoms with E-state index in [1.807, 2.05) is 27.7 Å². The highest BCUT2D eigenvalue weighted by molar-refractivity contribution is 5.70. The molecule has 1 saturated carbocycles. The summed E-state index contributed by atoms with van der Waals surface area (Å²) >= 11 is 0. The third-order valence-electron chi connectivity index (χ3n) is 4.97. The Labute approximate surface area is 172 Å². The zero-order valence-electron chi connectivity index (χ0n) is 17.9. The highest BCUT2D eigenvalue weighted by atomic mass is 16.7. The molecule has 3 unspecified atom stereocenters. The van der Waals surface area contributed by atoms with E-state index in [9.17, 15) is 14.4 Å². The normalized spacial score (nSPS) is 25.9. The summed E-state index contributed by atoms with van der Waals surface area (Å²) in [6, 6.07) is 0. The number of carbonyl (C=O) groups is 3. The average Bonchev–Trinajstić information content (AvgIpc) is 2.89. The maximum absolute atomic E-state index is 12.2. The van der Waals surface area contributed by atoms with E-state index in [0.717, 1.165) is 5.57 Å². The topological polar surface area (TPSA) is 88.1 Å². The van der Waals surface area contributed by atoms with Crippen molar-refractivity contribution >= 4 is 17.9 Å². The fourth-order valence-electron chi connectivity index (χ4n) is 3.71. The first kappa shape index (κ1) is 23.0. The van der Waals surface area contributed by atoms with Crippen molar-refractivity contribution in [1.29, 1.82) is 0 Å². The van der Waals surface area contributed by atoms with Crippen LogP contribution in [0, 0.1) is 23.7 Å². The van der Waals surface area contributed by atoms with E-state index in [1.165, 1.54) is 13.2 Å². The molecular weight excluding hydrogens is 376 g/mol. The molecule has 0 aromatic heterocycles. The molecule has 0 saturated heterocycles. The first-order chi connectivity index (χ1) is 13.6. The molecule has 0 aromatic rings. The molecule has 29 heavy (non-hydrogen) atoms. The summed E-state index contributed by atoms with van der Waals surface area (Å²) in [5.41, 5.74) is 1.41. The van der Waals surface area contributed by atoms with Gasteiger partial charge in [-0.3, -0.25) is 14.4 Å². The van der Waals surface area contributed by atoms with Crippen LogP contribution in [0.4, 0.5) is 0 Å². The summed E-state index contributed by atoms with van der Waals surface area (Å²) < 4.78 is 22.0. The van der Waals surface area contributed by atoms with Crippen LogP contribution in [0.2, 0.25) is 0 Å². The minimum absolute atomic E-state index is 0.0828. The van der Waals surface area contributed by atoms with Crippen molar-refractivity contribution in [3.63, 3.8) is 0 Å². The molecule has 162 valence electrons.